The van der Waals surface area contributed by atoms with E-state index in [-0.39, 0.29) is 23.2 Å². The van der Waals surface area contributed by atoms with Crippen molar-refractivity contribution in [2.75, 3.05) is 6.61 Å². The van der Waals surface area contributed by atoms with E-state index >= 15 is 0 Å². The summed E-state index contributed by atoms with van der Waals surface area (Å²) >= 11 is -3.75. The third-order valence-corrected chi connectivity index (χ3v) is 20.0. The molecule has 0 bridgehead atoms. The van der Waals surface area contributed by atoms with Crippen LogP contribution in [0.1, 0.15) is 16.7 Å². The summed E-state index contributed by atoms with van der Waals surface area (Å²) in [6, 6.07) is 64.0. The van der Waals surface area contributed by atoms with Crippen molar-refractivity contribution in [2.45, 2.75) is 43.1 Å². The molecular weight excluding hydrogens is 665 g/mol. The maximum absolute atomic E-state index is 7.44. The molecule has 7 rings (SSSR count). The molecule has 4 nitrogen and oxygen atoms in total. The Morgan fingerprint density at radius 3 is 1.16 bits per heavy atom. The molecule has 6 aromatic carbocycles. The quantitative estimate of drug-likeness (QED) is 0.116. The molecule has 49 heavy (non-hydrogen) atoms. The van der Waals surface area contributed by atoms with E-state index in [1.54, 1.807) is 0 Å². The van der Waals surface area contributed by atoms with Crippen molar-refractivity contribution in [2.24, 2.45) is 0 Å². The van der Waals surface area contributed by atoms with E-state index in [0.717, 1.165) is 16.7 Å². The van der Waals surface area contributed by atoms with E-state index in [9.17, 15) is 0 Å². The van der Waals surface area contributed by atoms with Gasteiger partial charge in [0, 0.05) is 0 Å². The molecular formula is C44H42GeO4. The standard InChI is InChI=1S/C44H42GeO4/c1-7-19-35(20-8-1)31-46-34-41-42(47-32-36-21-9-2-10-22-36)43(48-33-37-23-11-3-12-24-37)44(49-41)45(38-25-13-4-14-26-38,39-27-15-5-16-28-39)40-29-17-6-18-30-40/h1-30,41-44H,31-34H2/t41-,42-,43-,44-/m1/s1. The van der Waals surface area contributed by atoms with E-state index in [1.165, 1.54) is 13.2 Å². The van der Waals surface area contributed by atoms with E-state index in [2.05, 4.69) is 152 Å². The summed E-state index contributed by atoms with van der Waals surface area (Å²) in [7, 11) is 0. The van der Waals surface area contributed by atoms with Crippen molar-refractivity contribution in [1.29, 1.82) is 0 Å². The summed E-state index contributed by atoms with van der Waals surface area (Å²) in [5, 5.41) is 0. The van der Waals surface area contributed by atoms with Crippen molar-refractivity contribution in [3.05, 3.63) is 199 Å². The fourth-order valence-corrected chi connectivity index (χ4v) is 18.2. The molecule has 1 aliphatic heterocycles. The van der Waals surface area contributed by atoms with Crippen LogP contribution in [0.15, 0.2) is 182 Å². The normalized spacial score (nSPS) is 19.1. The average Bonchev–Trinajstić information content (AvgIpc) is 3.52. The van der Waals surface area contributed by atoms with Gasteiger partial charge in [0.15, 0.2) is 0 Å². The first-order valence-electron chi connectivity index (χ1n) is 17.1. The monoisotopic (exact) mass is 708 g/mol. The van der Waals surface area contributed by atoms with Crippen LogP contribution in [0.25, 0.3) is 0 Å². The summed E-state index contributed by atoms with van der Waals surface area (Å²) in [4.78, 5) is -0.276. The zero-order valence-corrected chi connectivity index (χ0v) is 29.7. The van der Waals surface area contributed by atoms with Gasteiger partial charge in [-0.15, -0.1) is 0 Å². The zero-order chi connectivity index (χ0) is 33.1. The predicted molar refractivity (Wildman–Crippen MR) is 199 cm³/mol. The molecule has 4 atom stereocenters. The molecule has 0 radical (unpaired) electrons. The van der Waals surface area contributed by atoms with Gasteiger partial charge in [0.05, 0.1) is 0 Å². The van der Waals surface area contributed by atoms with E-state index in [0.29, 0.717) is 26.4 Å². The molecule has 1 saturated heterocycles. The summed E-state index contributed by atoms with van der Waals surface area (Å²) < 4.78 is 31.9. The van der Waals surface area contributed by atoms with Gasteiger partial charge >= 0.3 is 294 Å². The SMILES string of the molecule is c1ccc(COC[C@H]2O[C@@H]([Ge]([c]3ccccc3)([c]3ccccc3)[c]3ccccc3)[C@H](OCc3ccccc3)[C@@H]2OCc2ccccc2)cc1. The van der Waals surface area contributed by atoms with Crippen LogP contribution in [0.3, 0.4) is 0 Å². The van der Waals surface area contributed by atoms with Crippen molar-refractivity contribution in [3.8, 4) is 0 Å². The summed E-state index contributed by atoms with van der Waals surface area (Å²) in [6.45, 7) is 1.77. The maximum atomic E-state index is 7.44. The fraction of sp³-hybridized carbons (Fsp3) is 0.182. The van der Waals surface area contributed by atoms with Gasteiger partial charge in [0.1, 0.15) is 0 Å². The van der Waals surface area contributed by atoms with Crippen LogP contribution in [-0.4, -0.2) is 43.1 Å². The Morgan fingerprint density at radius 2 is 0.755 bits per heavy atom. The van der Waals surface area contributed by atoms with Crippen LogP contribution < -0.4 is 13.2 Å². The second kappa shape index (κ2) is 16.4. The van der Waals surface area contributed by atoms with E-state index < -0.39 is 13.3 Å². The van der Waals surface area contributed by atoms with Gasteiger partial charge in [0.2, 0.25) is 0 Å². The van der Waals surface area contributed by atoms with Gasteiger partial charge in [-0.25, -0.2) is 0 Å². The van der Waals surface area contributed by atoms with Crippen LogP contribution in [0.5, 0.6) is 0 Å². The van der Waals surface area contributed by atoms with Crippen molar-refractivity contribution in [3.63, 3.8) is 0 Å². The molecule has 0 N–H and O–H groups in total. The topological polar surface area (TPSA) is 36.9 Å². The molecule has 0 amide bonds. The van der Waals surface area contributed by atoms with Crippen LogP contribution in [-0.2, 0) is 38.8 Å². The average molecular weight is 707 g/mol. The Balaban J connectivity index is 1.35. The first-order valence-corrected chi connectivity index (χ1v) is 21.4. The number of rotatable bonds is 14. The molecule has 1 fully saturated rings. The molecule has 0 spiro atoms. The van der Waals surface area contributed by atoms with Crippen LogP contribution in [0.2, 0.25) is 0 Å². The van der Waals surface area contributed by atoms with E-state index in [4.69, 9.17) is 18.9 Å². The van der Waals surface area contributed by atoms with Crippen LogP contribution in [0, 0.1) is 0 Å². The number of benzene rings is 6. The summed E-state index contributed by atoms with van der Waals surface area (Å²) in [5.41, 5.74) is 3.35. The number of hydrogen-bond acceptors (Lipinski definition) is 4. The second-order valence-electron chi connectivity index (χ2n) is 12.5. The van der Waals surface area contributed by atoms with Crippen LogP contribution >= 0.6 is 0 Å². The molecule has 0 unspecified atom stereocenters. The third-order valence-electron chi connectivity index (χ3n) is 9.39. The Morgan fingerprint density at radius 1 is 0.408 bits per heavy atom. The minimum atomic E-state index is -3.75. The van der Waals surface area contributed by atoms with Gasteiger partial charge in [-0.2, -0.15) is 0 Å². The Kier molecular flexibility index (Phi) is 11.1. The molecule has 0 aliphatic carbocycles. The van der Waals surface area contributed by atoms with E-state index in [1.807, 2.05) is 30.3 Å². The fourth-order valence-electron chi connectivity index (χ4n) is 7.09. The molecule has 1 aliphatic rings. The first-order chi connectivity index (χ1) is 24.3. The van der Waals surface area contributed by atoms with Crippen molar-refractivity contribution >= 4 is 26.5 Å². The van der Waals surface area contributed by atoms with Gasteiger partial charge in [-0.3, -0.25) is 0 Å². The summed E-state index contributed by atoms with van der Waals surface area (Å²) in [5.74, 6) is 0. The Hall–Kier alpha value is -4.30. The summed E-state index contributed by atoms with van der Waals surface area (Å²) in [6.07, 6.45) is -1.08. The minimum absolute atomic E-state index is 0.276. The van der Waals surface area contributed by atoms with Gasteiger partial charge < -0.3 is 0 Å². The molecule has 5 heteroatoms. The molecule has 1 heterocycles. The van der Waals surface area contributed by atoms with Gasteiger partial charge in [-0.1, -0.05) is 0 Å². The molecule has 246 valence electrons. The zero-order valence-electron chi connectivity index (χ0n) is 27.6. The van der Waals surface area contributed by atoms with Gasteiger partial charge in [-0.05, 0) is 0 Å². The van der Waals surface area contributed by atoms with Crippen molar-refractivity contribution < 1.29 is 18.9 Å². The molecule has 0 saturated carbocycles. The van der Waals surface area contributed by atoms with Crippen LogP contribution in [0.4, 0.5) is 0 Å². The third kappa shape index (κ3) is 7.65. The second-order valence-corrected chi connectivity index (χ2v) is 20.7. The first kappa shape index (κ1) is 33.2. The molecule has 0 aromatic heterocycles. The number of hydrogen-bond donors (Lipinski definition) is 0. The van der Waals surface area contributed by atoms with Gasteiger partial charge in [0.25, 0.3) is 0 Å². The Bertz CT molecular complexity index is 1730. The molecule has 6 aromatic rings. The predicted octanol–water partition coefficient (Wildman–Crippen LogP) is 6.85. The van der Waals surface area contributed by atoms with Crippen molar-refractivity contribution in [1.82, 2.24) is 0 Å². The Labute approximate surface area is 292 Å². The number of ether oxygens (including phenoxy) is 4.